The first-order valence-corrected chi connectivity index (χ1v) is 7.55. The van der Waals surface area contributed by atoms with Crippen LogP contribution in [0, 0.1) is 10.5 Å². The second kappa shape index (κ2) is 6.64. The van der Waals surface area contributed by atoms with Crippen LogP contribution in [0.5, 0.6) is 5.75 Å². The van der Waals surface area contributed by atoms with Crippen molar-refractivity contribution in [1.29, 1.82) is 0 Å². The third-order valence-electron chi connectivity index (χ3n) is 2.58. The first-order valence-electron chi connectivity index (χ1n) is 6.47. The molecule has 0 saturated heterocycles. The van der Waals surface area contributed by atoms with Gasteiger partial charge in [-0.3, -0.25) is 9.69 Å². The molecule has 0 aliphatic carbocycles. The zero-order valence-corrected chi connectivity index (χ0v) is 15.3. The third kappa shape index (κ3) is 4.87. The SMILES string of the molecule is CC(=O)Oc1ccc(I)c(C)c1N(C)C(=O)OC(C)(C)C. The van der Waals surface area contributed by atoms with Crippen LogP contribution in [0.2, 0.25) is 0 Å². The van der Waals surface area contributed by atoms with Crippen LogP contribution in [0.1, 0.15) is 33.3 Å². The van der Waals surface area contributed by atoms with Crippen LogP contribution in [-0.2, 0) is 9.53 Å². The summed E-state index contributed by atoms with van der Waals surface area (Å²) in [5.41, 5.74) is 0.789. The summed E-state index contributed by atoms with van der Waals surface area (Å²) >= 11 is 2.17. The average Bonchev–Trinajstić information content (AvgIpc) is 2.31. The molecule has 0 spiro atoms. The fourth-order valence-electron chi connectivity index (χ4n) is 1.73. The number of anilines is 1. The number of ether oxygens (including phenoxy) is 2. The summed E-state index contributed by atoms with van der Waals surface area (Å²) in [5.74, 6) is -0.0942. The maximum Gasteiger partial charge on any atom is 0.414 e. The van der Waals surface area contributed by atoms with Crippen molar-refractivity contribution in [3.05, 3.63) is 21.3 Å². The molecule has 0 aliphatic heterocycles. The number of nitrogens with zero attached hydrogens (tertiary/aromatic N) is 1. The Balaban J connectivity index is 3.23. The highest BCUT2D eigenvalue weighted by Gasteiger charge is 2.25. The molecular formula is C15H20INO4. The van der Waals surface area contributed by atoms with E-state index >= 15 is 0 Å². The summed E-state index contributed by atoms with van der Waals surface area (Å²) in [6, 6.07) is 3.51. The third-order valence-corrected chi connectivity index (χ3v) is 3.75. The molecule has 0 fully saturated rings. The first kappa shape index (κ1) is 17.7. The van der Waals surface area contributed by atoms with E-state index in [1.807, 2.05) is 13.0 Å². The van der Waals surface area contributed by atoms with E-state index in [9.17, 15) is 9.59 Å². The van der Waals surface area contributed by atoms with Crippen LogP contribution in [0.3, 0.4) is 0 Å². The van der Waals surface area contributed by atoms with Crippen LogP contribution < -0.4 is 9.64 Å². The number of hydrogen-bond donors (Lipinski definition) is 0. The van der Waals surface area contributed by atoms with Gasteiger partial charge in [-0.25, -0.2) is 4.79 Å². The molecule has 1 aromatic rings. The van der Waals surface area contributed by atoms with Gasteiger partial charge in [0.15, 0.2) is 5.75 Å². The average molecular weight is 405 g/mol. The molecule has 0 saturated carbocycles. The molecule has 6 heteroatoms. The molecule has 0 unspecified atom stereocenters. The molecule has 0 N–H and O–H groups in total. The van der Waals surface area contributed by atoms with Gasteiger partial charge in [0, 0.05) is 17.5 Å². The van der Waals surface area contributed by atoms with Gasteiger partial charge in [0.1, 0.15) is 5.60 Å². The Kier molecular flexibility index (Phi) is 5.61. The molecule has 0 heterocycles. The molecule has 116 valence electrons. The van der Waals surface area contributed by atoms with Crippen LogP contribution in [0.25, 0.3) is 0 Å². The summed E-state index contributed by atoms with van der Waals surface area (Å²) in [6.45, 7) is 8.59. The normalized spacial score (nSPS) is 11.0. The van der Waals surface area contributed by atoms with Crippen molar-refractivity contribution in [1.82, 2.24) is 0 Å². The number of rotatable bonds is 2. The quantitative estimate of drug-likeness (QED) is 0.426. The minimum Gasteiger partial charge on any atom is -0.443 e. The second-order valence-corrected chi connectivity index (χ2v) is 6.81. The van der Waals surface area contributed by atoms with Gasteiger partial charge >= 0.3 is 12.1 Å². The minimum absolute atomic E-state index is 0.341. The van der Waals surface area contributed by atoms with Crippen molar-refractivity contribution in [2.75, 3.05) is 11.9 Å². The van der Waals surface area contributed by atoms with E-state index in [1.54, 1.807) is 33.9 Å². The monoisotopic (exact) mass is 405 g/mol. The van der Waals surface area contributed by atoms with E-state index in [0.717, 1.165) is 9.13 Å². The highest BCUT2D eigenvalue weighted by atomic mass is 127. The molecule has 1 aromatic carbocycles. The maximum absolute atomic E-state index is 12.2. The van der Waals surface area contributed by atoms with Gasteiger partial charge in [-0.1, -0.05) is 0 Å². The van der Waals surface area contributed by atoms with E-state index in [0.29, 0.717) is 11.4 Å². The molecule has 0 aromatic heterocycles. The van der Waals surface area contributed by atoms with Crippen LogP contribution in [-0.4, -0.2) is 24.7 Å². The Morgan fingerprint density at radius 3 is 2.29 bits per heavy atom. The van der Waals surface area contributed by atoms with E-state index < -0.39 is 17.7 Å². The summed E-state index contributed by atoms with van der Waals surface area (Å²) in [7, 11) is 1.60. The van der Waals surface area contributed by atoms with E-state index in [1.165, 1.54) is 11.8 Å². The van der Waals surface area contributed by atoms with Gasteiger partial charge < -0.3 is 9.47 Å². The zero-order chi connectivity index (χ0) is 16.4. The second-order valence-electron chi connectivity index (χ2n) is 5.65. The standard InChI is InChI=1S/C15H20INO4/c1-9-11(16)7-8-12(20-10(2)18)13(9)17(6)14(19)21-15(3,4)5/h7-8H,1-6H3. The van der Waals surface area contributed by atoms with E-state index in [2.05, 4.69) is 22.6 Å². The van der Waals surface area contributed by atoms with Crippen molar-refractivity contribution >= 4 is 40.3 Å². The predicted octanol–water partition coefficient (Wildman–Crippen LogP) is 3.90. The van der Waals surface area contributed by atoms with Gasteiger partial charge in [0.25, 0.3) is 0 Å². The lowest BCUT2D eigenvalue weighted by Gasteiger charge is -2.27. The smallest absolute Gasteiger partial charge is 0.414 e. The topological polar surface area (TPSA) is 55.8 Å². The summed E-state index contributed by atoms with van der Waals surface area (Å²) < 4.78 is 11.5. The molecule has 0 atom stereocenters. The summed E-state index contributed by atoms with van der Waals surface area (Å²) in [5, 5.41) is 0. The lowest BCUT2D eigenvalue weighted by Crippen LogP contribution is -2.35. The number of halogens is 1. The van der Waals surface area contributed by atoms with Crippen LogP contribution in [0.15, 0.2) is 12.1 Å². The van der Waals surface area contributed by atoms with Gasteiger partial charge in [0.2, 0.25) is 0 Å². The number of amides is 1. The minimum atomic E-state index is -0.594. The van der Waals surface area contributed by atoms with Crippen LogP contribution in [0.4, 0.5) is 10.5 Å². The van der Waals surface area contributed by atoms with Crippen molar-refractivity contribution in [2.24, 2.45) is 0 Å². The fraction of sp³-hybridized carbons (Fsp3) is 0.467. The Bertz CT molecular complexity index is 564. The molecule has 0 radical (unpaired) electrons. The summed E-state index contributed by atoms with van der Waals surface area (Å²) in [4.78, 5) is 24.8. The molecular weight excluding hydrogens is 385 g/mol. The van der Waals surface area contributed by atoms with Gasteiger partial charge in [-0.05, 0) is 68.0 Å². The van der Waals surface area contributed by atoms with Crippen molar-refractivity contribution < 1.29 is 19.1 Å². The predicted molar refractivity (Wildman–Crippen MR) is 89.8 cm³/mol. The Labute approximate surface area is 138 Å². The highest BCUT2D eigenvalue weighted by molar-refractivity contribution is 14.1. The van der Waals surface area contributed by atoms with Crippen molar-refractivity contribution in [2.45, 2.75) is 40.2 Å². The fourth-order valence-corrected chi connectivity index (χ4v) is 2.16. The number of esters is 1. The van der Waals surface area contributed by atoms with Gasteiger partial charge in [-0.2, -0.15) is 0 Å². The van der Waals surface area contributed by atoms with E-state index in [-0.39, 0.29) is 0 Å². The van der Waals surface area contributed by atoms with Gasteiger partial charge in [0.05, 0.1) is 5.69 Å². The Morgan fingerprint density at radius 2 is 1.81 bits per heavy atom. The van der Waals surface area contributed by atoms with Crippen molar-refractivity contribution in [3.8, 4) is 5.75 Å². The highest BCUT2D eigenvalue weighted by Crippen LogP contribution is 2.35. The molecule has 0 aliphatic rings. The number of carbonyl (C=O) groups excluding carboxylic acids is 2. The lowest BCUT2D eigenvalue weighted by atomic mass is 10.1. The molecule has 21 heavy (non-hydrogen) atoms. The molecule has 1 amide bonds. The first-order chi connectivity index (χ1) is 9.53. The Morgan fingerprint density at radius 1 is 1.24 bits per heavy atom. The molecule has 0 bridgehead atoms. The number of hydrogen-bond acceptors (Lipinski definition) is 4. The van der Waals surface area contributed by atoms with Crippen LogP contribution >= 0.6 is 22.6 Å². The van der Waals surface area contributed by atoms with Crippen molar-refractivity contribution in [3.63, 3.8) is 0 Å². The largest absolute Gasteiger partial charge is 0.443 e. The Hall–Kier alpha value is -1.31. The molecule has 1 rings (SSSR count). The zero-order valence-electron chi connectivity index (χ0n) is 13.1. The lowest BCUT2D eigenvalue weighted by molar-refractivity contribution is -0.131. The van der Waals surface area contributed by atoms with E-state index in [4.69, 9.17) is 9.47 Å². The molecule has 5 nitrogen and oxygen atoms in total. The number of carbonyl (C=O) groups is 2. The van der Waals surface area contributed by atoms with Gasteiger partial charge in [-0.15, -0.1) is 0 Å². The maximum atomic E-state index is 12.2. The number of benzene rings is 1. The summed E-state index contributed by atoms with van der Waals surface area (Å²) in [6.07, 6.45) is -0.499.